The van der Waals surface area contributed by atoms with Crippen LogP contribution < -0.4 is 10.6 Å². The molecule has 3 rings (SSSR count). The van der Waals surface area contributed by atoms with Crippen molar-refractivity contribution < 1.29 is 18.0 Å². The number of amides is 2. The number of hydrogen-bond acceptors (Lipinski definition) is 5. The van der Waals surface area contributed by atoms with Gasteiger partial charge >= 0.3 is 0 Å². The zero-order valence-electron chi connectivity index (χ0n) is 13.3. The smallest absolute Gasteiger partial charge is 0.253 e. The Balaban J connectivity index is 1.63. The maximum Gasteiger partial charge on any atom is 0.253 e. The van der Waals surface area contributed by atoms with Crippen molar-refractivity contribution in [3.63, 3.8) is 0 Å². The van der Waals surface area contributed by atoms with Crippen molar-refractivity contribution in [2.75, 3.05) is 11.5 Å². The van der Waals surface area contributed by atoms with Gasteiger partial charge in [-0.3, -0.25) is 14.6 Å². The second kappa shape index (κ2) is 6.88. The first-order chi connectivity index (χ1) is 11.4. The summed E-state index contributed by atoms with van der Waals surface area (Å²) in [5, 5.41) is 5.66. The predicted octanol–water partition coefficient (Wildman–Crippen LogP) is 0.671. The van der Waals surface area contributed by atoms with Gasteiger partial charge in [0.25, 0.3) is 11.8 Å². The van der Waals surface area contributed by atoms with Crippen LogP contribution in [0.2, 0.25) is 0 Å². The third-order valence-electron chi connectivity index (χ3n) is 4.52. The average Bonchev–Trinajstić information content (AvgIpc) is 3.17. The lowest BCUT2D eigenvalue weighted by atomic mass is 10.1. The molecule has 7 nitrogen and oxygen atoms in total. The van der Waals surface area contributed by atoms with Crippen LogP contribution in [0.15, 0.2) is 18.5 Å². The molecule has 2 N–H and O–H groups in total. The van der Waals surface area contributed by atoms with Crippen molar-refractivity contribution in [3.8, 4) is 0 Å². The molecule has 1 saturated carbocycles. The molecule has 1 aromatic heterocycles. The van der Waals surface area contributed by atoms with E-state index in [1.807, 2.05) is 0 Å². The largest absolute Gasteiger partial charge is 0.349 e. The summed E-state index contributed by atoms with van der Waals surface area (Å²) >= 11 is 0. The van der Waals surface area contributed by atoms with Gasteiger partial charge in [0.05, 0.1) is 22.6 Å². The van der Waals surface area contributed by atoms with Gasteiger partial charge in [0.1, 0.15) is 0 Å². The fraction of sp³-hybridized carbons (Fsp3) is 0.562. The van der Waals surface area contributed by atoms with Crippen LogP contribution >= 0.6 is 0 Å². The molecule has 1 aromatic rings. The first kappa shape index (κ1) is 16.9. The van der Waals surface area contributed by atoms with Gasteiger partial charge in [0.15, 0.2) is 9.84 Å². The zero-order chi connectivity index (χ0) is 17.2. The van der Waals surface area contributed by atoms with Crippen molar-refractivity contribution in [2.45, 2.75) is 44.2 Å². The van der Waals surface area contributed by atoms with Gasteiger partial charge in [-0.1, -0.05) is 12.8 Å². The topological polar surface area (TPSA) is 105 Å². The summed E-state index contributed by atoms with van der Waals surface area (Å²) in [6, 6.07) is 1.31. The minimum absolute atomic E-state index is 0.0337. The third kappa shape index (κ3) is 4.11. The van der Waals surface area contributed by atoms with Crippen molar-refractivity contribution in [2.24, 2.45) is 0 Å². The first-order valence-electron chi connectivity index (χ1n) is 8.20. The van der Waals surface area contributed by atoms with E-state index in [9.17, 15) is 18.0 Å². The lowest BCUT2D eigenvalue weighted by Gasteiger charge is -2.13. The Bertz CT molecular complexity index is 741. The number of hydrogen-bond donors (Lipinski definition) is 2. The summed E-state index contributed by atoms with van der Waals surface area (Å²) in [7, 11) is -3.05. The van der Waals surface area contributed by atoms with E-state index in [1.165, 1.54) is 18.5 Å². The second-order valence-electron chi connectivity index (χ2n) is 6.49. The highest BCUT2D eigenvalue weighted by atomic mass is 32.2. The summed E-state index contributed by atoms with van der Waals surface area (Å²) in [4.78, 5) is 28.5. The third-order valence-corrected chi connectivity index (χ3v) is 6.29. The van der Waals surface area contributed by atoms with E-state index in [0.29, 0.717) is 12.0 Å². The molecular formula is C16H21N3O4S. The highest BCUT2D eigenvalue weighted by Crippen LogP contribution is 2.18. The highest BCUT2D eigenvalue weighted by molar-refractivity contribution is 7.91. The first-order valence-corrected chi connectivity index (χ1v) is 10.0. The highest BCUT2D eigenvalue weighted by Gasteiger charge is 2.29. The van der Waals surface area contributed by atoms with Crippen molar-refractivity contribution >= 4 is 21.7 Å². The van der Waals surface area contributed by atoms with Gasteiger partial charge in [0.2, 0.25) is 0 Å². The van der Waals surface area contributed by atoms with E-state index in [2.05, 4.69) is 15.6 Å². The Morgan fingerprint density at radius 3 is 2.08 bits per heavy atom. The molecule has 130 valence electrons. The Morgan fingerprint density at radius 1 is 0.958 bits per heavy atom. The van der Waals surface area contributed by atoms with E-state index < -0.39 is 15.7 Å². The molecular weight excluding hydrogens is 330 g/mol. The number of nitrogens with one attached hydrogen (secondary N) is 2. The standard InChI is InChI=1S/C16H21N3O4S/c20-15(18-13-3-1-2-4-13)11-7-12(9-17-8-11)16(21)19-14-5-6-24(22,23)10-14/h7-9,13-14H,1-6,10H2,(H,18,20)(H,19,21). The summed E-state index contributed by atoms with van der Waals surface area (Å²) in [6.07, 6.45) is 7.44. The van der Waals surface area contributed by atoms with E-state index in [1.54, 1.807) is 0 Å². The summed E-state index contributed by atoms with van der Waals surface area (Å²) < 4.78 is 22.9. The molecule has 2 heterocycles. The Labute approximate surface area is 141 Å². The SMILES string of the molecule is O=C(NC1CCCC1)c1cncc(C(=O)NC2CCS(=O)(=O)C2)c1. The number of sulfone groups is 1. The molecule has 0 spiro atoms. The van der Waals surface area contributed by atoms with Crippen LogP contribution in [-0.4, -0.2) is 48.8 Å². The van der Waals surface area contributed by atoms with Crippen molar-refractivity contribution in [1.29, 1.82) is 0 Å². The van der Waals surface area contributed by atoms with Gasteiger partial charge in [-0.05, 0) is 25.3 Å². The lowest BCUT2D eigenvalue weighted by molar-refractivity contribution is 0.0937. The van der Waals surface area contributed by atoms with E-state index in [-0.39, 0.29) is 35.1 Å². The van der Waals surface area contributed by atoms with Crippen LogP contribution in [0.1, 0.15) is 52.8 Å². The van der Waals surface area contributed by atoms with Crippen LogP contribution in [0, 0.1) is 0 Å². The molecule has 2 fully saturated rings. The monoisotopic (exact) mass is 351 g/mol. The van der Waals surface area contributed by atoms with Gasteiger partial charge in [0, 0.05) is 24.5 Å². The molecule has 8 heteroatoms. The zero-order valence-corrected chi connectivity index (χ0v) is 14.1. The van der Waals surface area contributed by atoms with E-state index >= 15 is 0 Å². The second-order valence-corrected chi connectivity index (χ2v) is 8.72. The molecule has 0 aromatic carbocycles. The number of carbonyl (C=O) groups is 2. The quantitative estimate of drug-likeness (QED) is 0.829. The van der Waals surface area contributed by atoms with Gasteiger partial charge in [-0.25, -0.2) is 8.42 Å². The maximum atomic E-state index is 12.3. The van der Waals surface area contributed by atoms with Crippen molar-refractivity contribution in [1.82, 2.24) is 15.6 Å². The summed E-state index contributed by atoms with van der Waals surface area (Å²) in [5.41, 5.74) is 0.604. The lowest BCUT2D eigenvalue weighted by Crippen LogP contribution is -2.36. The molecule has 0 radical (unpaired) electrons. The van der Waals surface area contributed by atoms with Gasteiger partial charge < -0.3 is 10.6 Å². The molecule has 1 aliphatic heterocycles. The number of rotatable bonds is 4. The summed E-state index contributed by atoms with van der Waals surface area (Å²) in [6.45, 7) is 0. The number of nitrogens with zero attached hydrogens (tertiary/aromatic N) is 1. The minimum Gasteiger partial charge on any atom is -0.349 e. The Hall–Kier alpha value is -1.96. The average molecular weight is 351 g/mol. The Morgan fingerprint density at radius 2 is 1.54 bits per heavy atom. The fourth-order valence-electron chi connectivity index (χ4n) is 3.20. The number of pyridine rings is 1. The van der Waals surface area contributed by atoms with Crippen LogP contribution in [0.5, 0.6) is 0 Å². The van der Waals surface area contributed by atoms with Crippen LogP contribution in [0.4, 0.5) is 0 Å². The molecule has 1 atom stereocenters. The number of aromatic nitrogens is 1. The van der Waals surface area contributed by atoms with E-state index in [4.69, 9.17) is 0 Å². The minimum atomic E-state index is -3.05. The molecule has 2 amide bonds. The molecule has 1 aliphatic carbocycles. The van der Waals surface area contributed by atoms with Crippen LogP contribution in [0.3, 0.4) is 0 Å². The van der Waals surface area contributed by atoms with Crippen LogP contribution in [0.25, 0.3) is 0 Å². The van der Waals surface area contributed by atoms with Gasteiger partial charge in [-0.15, -0.1) is 0 Å². The Kier molecular flexibility index (Phi) is 4.84. The molecule has 2 aliphatic rings. The molecule has 24 heavy (non-hydrogen) atoms. The normalized spacial score (nSPS) is 23.1. The summed E-state index contributed by atoms with van der Waals surface area (Å²) in [5.74, 6) is -0.568. The predicted molar refractivity (Wildman–Crippen MR) is 88.5 cm³/mol. The van der Waals surface area contributed by atoms with Crippen molar-refractivity contribution in [3.05, 3.63) is 29.6 Å². The number of carbonyl (C=O) groups excluding carboxylic acids is 2. The molecule has 1 unspecified atom stereocenters. The molecule has 1 saturated heterocycles. The fourth-order valence-corrected chi connectivity index (χ4v) is 4.88. The van der Waals surface area contributed by atoms with Gasteiger partial charge in [-0.2, -0.15) is 0 Å². The van der Waals surface area contributed by atoms with Crippen LogP contribution in [-0.2, 0) is 9.84 Å². The molecule has 0 bridgehead atoms. The maximum absolute atomic E-state index is 12.3. The van der Waals surface area contributed by atoms with E-state index in [0.717, 1.165) is 25.7 Å².